The Labute approximate surface area is 109 Å². The summed E-state index contributed by atoms with van der Waals surface area (Å²) in [6, 6.07) is 10.4. The van der Waals surface area contributed by atoms with Crippen LogP contribution in [-0.4, -0.2) is 18.7 Å². The Kier molecular flexibility index (Phi) is 4.22. The summed E-state index contributed by atoms with van der Waals surface area (Å²) in [5.74, 6) is 0.918. The Morgan fingerprint density at radius 1 is 1.39 bits per heavy atom. The molecule has 1 aliphatic rings. The Morgan fingerprint density at radius 3 is 2.89 bits per heavy atom. The van der Waals surface area contributed by atoms with Gasteiger partial charge in [-0.15, -0.1) is 0 Å². The summed E-state index contributed by atoms with van der Waals surface area (Å²) in [6.07, 6.45) is 3.98. The fraction of sp³-hybridized carbons (Fsp3) is 0.533. The van der Waals surface area contributed by atoms with Crippen molar-refractivity contribution in [2.24, 2.45) is 0 Å². The maximum absolute atomic E-state index is 9.33. The van der Waals surface area contributed by atoms with Gasteiger partial charge in [-0.2, -0.15) is 5.26 Å². The first-order chi connectivity index (χ1) is 8.76. The van der Waals surface area contributed by atoms with Gasteiger partial charge in [-0.3, -0.25) is 5.32 Å². The van der Waals surface area contributed by atoms with E-state index in [9.17, 15) is 5.26 Å². The average molecular weight is 244 g/mol. The largest absolute Gasteiger partial charge is 0.493 e. The summed E-state index contributed by atoms with van der Waals surface area (Å²) in [5.41, 5.74) is 0.765. The first-order valence-electron chi connectivity index (χ1n) is 6.60. The lowest BCUT2D eigenvalue weighted by molar-refractivity contribution is 0.230. The zero-order chi connectivity index (χ0) is 12.8. The number of rotatable bonds is 4. The molecule has 3 nitrogen and oxygen atoms in total. The third-order valence-electron chi connectivity index (χ3n) is 3.59. The highest BCUT2D eigenvalue weighted by molar-refractivity contribution is 5.31. The van der Waals surface area contributed by atoms with Crippen molar-refractivity contribution < 1.29 is 4.74 Å². The lowest BCUT2D eigenvalue weighted by atomic mass is 9.87. The number of ether oxygens (including phenoxy) is 1. The van der Waals surface area contributed by atoms with Crippen LogP contribution in [0.1, 0.15) is 31.2 Å². The molecule has 0 saturated carbocycles. The standard InChI is InChI=1S/C15H20N2O/c1-13-6-2-3-7-14(13)18-11-9-15(12-16)8-4-5-10-17-15/h2-3,6-7,17H,4-5,8-11H2,1H3. The van der Waals surface area contributed by atoms with E-state index in [0.717, 1.165) is 37.1 Å². The Bertz CT molecular complexity index is 430. The van der Waals surface area contributed by atoms with E-state index in [1.54, 1.807) is 0 Å². The van der Waals surface area contributed by atoms with Crippen molar-refractivity contribution >= 4 is 0 Å². The summed E-state index contributed by atoms with van der Waals surface area (Å²) in [6.45, 7) is 3.57. The second kappa shape index (κ2) is 5.88. The normalized spacial score (nSPS) is 23.3. The minimum Gasteiger partial charge on any atom is -0.493 e. The van der Waals surface area contributed by atoms with Gasteiger partial charge in [0.05, 0.1) is 12.7 Å². The van der Waals surface area contributed by atoms with Crippen LogP contribution in [-0.2, 0) is 0 Å². The van der Waals surface area contributed by atoms with Crippen LogP contribution in [0.25, 0.3) is 0 Å². The molecule has 0 bridgehead atoms. The fourth-order valence-corrected chi connectivity index (χ4v) is 2.39. The lowest BCUT2D eigenvalue weighted by Gasteiger charge is -2.32. The molecule has 1 N–H and O–H groups in total. The molecule has 96 valence electrons. The van der Waals surface area contributed by atoms with Crippen molar-refractivity contribution in [2.75, 3.05) is 13.2 Å². The van der Waals surface area contributed by atoms with Gasteiger partial charge in [0.1, 0.15) is 11.3 Å². The Morgan fingerprint density at radius 2 is 2.22 bits per heavy atom. The van der Waals surface area contributed by atoms with Crippen LogP contribution in [0, 0.1) is 18.3 Å². The van der Waals surface area contributed by atoms with Gasteiger partial charge in [0, 0.05) is 6.42 Å². The number of hydrogen-bond acceptors (Lipinski definition) is 3. The van der Waals surface area contributed by atoms with E-state index in [1.165, 1.54) is 6.42 Å². The summed E-state index contributed by atoms with van der Waals surface area (Å²) < 4.78 is 5.78. The van der Waals surface area contributed by atoms with Gasteiger partial charge >= 0.3 is 0 Å². The number of hydrogen-bond donors (Lipinski definition) is 1. The van der Waals surface area contributed by atoms with Crippen LogP contribution in [0.5, 0.6) is 5.75 Å². The monoisotopic (exact) mass is 244 g/mol. The molecule has 0 amide bonds. The highest BCUT2D eigenvalue weighted by Crippen LogP contribution is 2.23. The highest BCUT2D eigenvalue weighted by Gasteiger charge is 2.31. The summed E-state index contributed by atoms with van der Waals surface area (Å²) in [7, 11) is 0. The van der Waals surface area contributed by atoms with Gasteiger partial charge in [-0.1, -0.05) is 18.2 Å². The van der Waals surface area contributed by atoms with Gasteiger partial charge in [0.2, 0.25) is 0 Å². The molecule has 1 fully saturated rings. The minimum absolute atomic E-state index is 0.374. The van der Waals surface area contributed by atoms with E-state index in [-0.39, 0.29) is 5.54 Å². The number of para-hydroxylation sites is 1. The zero-order valence-electron chi connectivity index (χ0n) is 10.9. The van der Waals surface area contributed by atoms with Crippen molar-refractivity contribution in [2.45, 2.75) is 38.1 Å². The predicted molar refractivity (Wildman–Crippen MR) is 71.5 cm³/mol. The SMILES string of the molecule is Cc1ccccc1OCCC1(C#N)CCCCN1. The van der Waals surface area contributed by atoms with E-state index in [2.05, 4.69) is 11.4 Å². The first kappa shape index (κ1) is 12.9. The summed E-state index contributed by atoms with van der Waals surface area (Å²) in [4.78, 5) is 0. The molecule has 1 unspecified atom stereocenters. The third kappa shape index (κ3) is 3.02. The fourth-order valence-electron chi connectivity index (χ4n) is 2.39. The van der Waals surface area contributed by atoms with Crippen LogP contribution >= 0.6 is 0 Å². The molecule has 1 aromatic carbocycles. The van der Waals surface area contributed by atoms with E-state index < -0.39 is 0 Å². The quantitative estimate of drug-likeness (QED) is 0.885. The molecule has 0 radical (unpaired) electrons. The van der Waals surface area contributed by atoms with Crippen LogP contribution in [0.3, 0.4) is 0 Å². The van der Waals surface area contributed by atoms with Crippen LogP contribution in [0.15, 0.2) is 24.3 Å². The molecule has 0 aromatic heterocycles. The van der Waals surface area contributed by atoms with Gasteiger partial charge in [0.15, 0.2) is 0 Å². The second-order valence-corrected chi connectivity index (χ2v) is 4.94. The van der Waals surface area contributed by atoms with Crippen molar-refractivity contribution in [3.05, 3.63) is 29.8 Å². The van der Waals surface area contributed by atoms with E-state index >= 15 is 0 Å². The van der Waals surface area contributed by atoms with Crippen molar-refractivity contribution in [1.29, 1.82) is 5.26 Å². The Balaban J connectivity index is 1.88. The van der Waals surface area contributed by atoms with E-state index in [4.69, 9.17) is 4.74 Å². The van der Waals surface area contributed by atoms with Gasteiger partial charge < -0.3 is 4.74 Å². The zero-order valence-corrected chi connectivity index (χ0v) is 10.9. The number of nitrogens with zero attached hydrogens (tertiary/aromatic N) is 1. The lowest BCUT2D eigenvalue weighted by Crippen LogP contribution is -2.48. The molecule has 18 heavy (non-hydrogen) atoms. The molecule has 0 aliphatic carbocycles. The molecule has 1 aliphatic heterocycles. The predicted octanol–water partition coefficient (Wildman–Crippen LogP) is 2.80. The molecule has 2 rings (SSSR count). The van der Waals surface area contributed by atoms with Crippen molar-refractivity contribution in [3.8, 4) is 11.8 Å². The molecule has 3 heteroatoms. The first-order valence-corrected chi connectivity index (χ1v) is 6.60. The van der Waals surface area contributed by atoms with Crippen LogP contribution in [0.2, 0.25) is 0 Å². The molecule has 0 spiro atoms. The third-order valence-corrected chi connectivity index (χ3v) is 3.59. The molecule has 1 aromatic rings. The van der Waals surface area contributed by atoms with Gasteiger partial charge in [-0.25, -0.2) is 0 Å². The van der Waals surface area contributed by atoms with E-state index in [0.29, 0.717) is 6.61 Å². The second-order valence-electron chi connectivity index (χ2n) is 4.94. The molecular weight excluding hydrogens is 224 g/mol. The van der Waals surface area contributed by atoms with Crippen molar-refractivity contribution in [1.82, 2.24) is 5.32 Å². The summed E-state index contributed by atoms with van der Waals surface area (Å²) in [5, 5.41) is 12.7. The summed E-state index contributed by atoms with van der Waals surface area (Å²) >= 11 is 0. The van der Waals surface area contributed by atoms with Gasteiger partial charge in [-0.05, 0) is 44.4 Å². The number of nitrogens with one attached hydrogen (secondary N) is 1. The number of benzene rings is 1. The molecule has 1 atom stereocenters. The smallest absolute Gasteiger partial charge is 0.122 e. The maximum Gasteiger partial charge on any atom is 0.122 e. The molecule has 1 saturated heterocycles. The minimum atomic E-state index is -0.374. The number of aryl methyl sites for hydroxylation is 1. The Hall–Kier alpha value is -1.53. The number of piperidine rings is 1. The van der Waals surface area contributed by atoms with Crippen molar-refractivity contribution in [3.63, 3.8) is 0 Å². The maximum atomic E-state index is 9.33. The molecule has 1 heterocycles. The van der Waals surface area contributed by atoms with E-state index in [1.807, 2.05) is 31.2 Å². The highest BCUT2D eigenvalue weighted by atomic mass is 16.5. The molecular formula is C15H20N2O. The number of nitriles is 1. The van der Waals surface area contributed by atoms with Gasteiger partial charge in [0.25, 0.3) is 0 Å². The van der Waals surface area contributed by atoms with Crippen LogP contribution < -0.4 is 10.1 Å². The average Bonchev–Trinajstić information content (AvgIpc) is 2.42. The van der Waals surface area contributed by atoms with Crippen LogP contribution in [0.4, 0.5) is 0 Å². The topological polar surface area (TPSA) is 45.0 Å².